The third kappa shape index (κ3) is 5.59. The van der Waals surface area contributed by atoms with Crippen LogP contribution >= 0.6 is 11.8 Å². The lowest BCUT2D eigenvalue weighted by atomic mass is 10.1. The van der Waals surface area contributed by atoms with Crippen LogP contribution in [0.4, 0.5) is 10.1 Å². The molecule has 1 unspecified atom stereocenters. The van der Waals surface area contributed by atoms with Crippen molar-refractivity contribution in [3.8, 4) is 0 Å². The maximum atomic E-state index is 14.6. The standard InChI is InChI=1S/C31H27FN2O2S/c1-21(15-16-22-9-3-2-4-10-22)33-30(35)23-17-18-29-27(19-23)34(20-24-11-5-7-13-26(24)32)31(36)25-12-6-8-14-28(25)37-29/h2-14,17-19,21H,15-16,20H2,1H3,(H,33,35). The number of fused-ring (bicyclic) bond motifs is 2. The van der Waals surface area contributed by atoms with Gasteiger partial charge in [-0.1, -0.05) is 72.4 Å². The number of benzene rings is 4. The summed E-state index contributed by atoms with van der Waals surface area (Å²) in [6, 6.07) is 29.4. The molecule has 0 spiro atoms. The van der Waals surface area contributed by atoms with E-state index in [1.807, 2.05) is 49.4 Å². The Kier molecular flexibility index (Phi) is 7.37. The Labute approximate surface area is 220 Å². The summed E-state index contributed by atoms with van der Waals surface area (Å²) in [5.41, 5.74) is 3.26. The molecule has 1 N–H and O–H groups in total. The quantitative estimate of drug-likeness (QED) is 0.295. The van der Waals surface area contributed by atoms with Gasteiger partial charge in [-0.2, -0.15) is 0 Å². The molecule has 0 aliphatic carbocycles. The van der Waals surface area contributed by atoms with E-state index in [-0.39, 0.29) is 30.2 Å². The van der Waals surface area contributed by atoms with Gasteiger partial charge in [-0.3, -0.25) is 9.59 Å². The van der Waals surface area contributed by atoms with Gasteiger partial charge < -0.3 is 10.2 Å². The van der Waals surface area contributed by atoms with Gasteiger partial charge in [-0.15, -0.1) is 0 Å². The molecule has 4 nitrogen and oxygen atoms in total. The smallest absolute Gasteiger partial charge is 0.259 e. The summed E-state index contributed by atoms with van der Waals surface area (Å²) in [5.74, 6) is -0.796. The van der Waals surface area contributed by atoms with Gasteiger partial charge in [-0.25, -0.2) is 4.39 Å². The Hall–Kier alpha value is -3.90. The van der Waals surface area contributed by atoms with Crippen LogP contribution in [0.5, 0.6) is 0 Å². The first-order valence-corrected chi connectivity index (χ1v) is 13.1. The molecule has 37 heavy (non-hydrogen) atoms. The number of anilines is 1. The molecule has 1 heterocycles. The molecule has 2 amide bonds. The number of rotatable bonds is 7. The van der Waals surface area contributed by atoms with Gasteiger partial charge in [0, 0.05) is 27.0 Å². The number of nitrogens with one attached hydrogen (secondary N) is 1. The maximum Gasteiger partial charge on any atom is 0.259 e. The second-order valence-electron chi connectivity index (χ2n) is 9.16. The van der Waals surface area contributed by atoms with E-state index in [1.54, 1.807) is 41.3 Å². The lowest BCUT2D eigenvalue weighted by molar-refractivity contribution is 0.0935. The van der Waals surface area contributed by atoms with Crippen molar-refractivity contribution < 1.29 is 14.0 Å². The van der Waals surface area contributed by atoms with Crippen LogP contribution in [0.2, 0.25) is 0 Å². The second kappa shape index (κ2) is 11.0. The molecule has 0 bridgehead atoms. The molecule has 0 aromatic heterocycles. The number of hydrogen-bond donors (Lipinski definition) is 1. The Morgan fingerprint density at radius 1 is 0.919 bits per heavy atom. The van der Waals surface area contributed by atoms with Gasteiger partial charge in [0.05, 0.1) is 17.8 Å². The molecule has 186 valence electrons. The highest BCUT2D eigenvalue weighted by molar-refractivity contribution is 7.99. The molecule has 1 atom stereocenters. The van der Waals surface area contributed by atoms with E-state index >= 15 is 0 Å². The van der Waals surface area contributed by atoms with Crippen molar-refractivity contribution in [3.05, 3.63) is 125 Å². The summed E-state index contributed by atoms with van der Waals surface area (Å²) in [7, 11) is 0. The van der Waals surface area contributed by atoms with Crippen LogP contribution in [0, 0.1) is 5.82 Å². The zero-order valence-electron chi connectivity index (χ0n) is 20.5. The predicted molar refractivity (Wildman–Crippen MR) is 146 cm³/mol. The monoisotopic (exact) mass is 510 g/mol. The fraction of sp³-hybridized carbons (Fsp3) is 0.161. The predicted octanol–water partition coefficient (Wildman–Crippen LogP) is 6.89. The molecule has 1 aliphatic heterocycles. The van der Waals surface area contributed by atoms with Gasteiger partial charge in [0.2, 0.25) is 0 Å². The first-order chi connectivity index (χ1) is 18.0. The largest absolute Gasteiger partial charge is 0.350 e. The molecule has 0 radical (unpaired) electrons. The summed E-state index contributed by atoms with van der Waals surface area (Å²) in [6.07, 6.45) is 1.68. The highest BCUT2D eigenvalue weighted by Gasteiger charge is 2.29. The van der Waals surface area contributed by atoms with Crippen LogP contribution in [0.3, 0.4) is 0 Å². The Morgan fingerprint density at radius 2 is 1.65 bits per heavy atom. The second-order valence-corrected chi connectivity index (χ2v) is 10.2. The normalized spacial score (nSPS) is 13.4. The summed E-state index contributed by atoms with van der Waals surface area (Å²) in [6.45, 7) is 2.05. The van der Waals surface area contributed by atoms with Gasteiger partial charge in [0.15, 0.2) is 0 Å². The first kappa shape index (κ1) is 24.8. The topological polar surface area (TPSA) is 49.4 Å². The molecule has 4 aromatic carbocycles. The number of halogens is 1. The van der Waals surface area contributed by atoms with Gasteiger partial charge in [0.25, 0.3) is 11.8 Å². The number of hydrogen-bond acceptors (Lipinski definition) is 3. The lowest BCUT2D eigenvalue weighted by Gasteiger charge is -2.24. The van der Waals surface area contributed by atoms with Crippen LogP contribution in [0.25, 0.3) is 0 Å². The molecule has 0 saturated heterocycles. The minimum atomic E-state index is -0.372. The van der Waals surface area contributed by atoms with Crippen LogP contribution in [0.1, 0.15) is 45.2 Å². The Bertz CT molecular complexity index is 1440. The van der Waals surface area contributed by atoms with E-state index in [9.17, 15) is 14.0 Å². The zero-order chi connectivity index (χ0) is 25.8. The molecule has 0 saturated carbocycles. The Morgan fingerprint density at radius 3 is 2.46 bits per heavy atom. The summed E-state index contributed by atoms with van der Waals surface area (Å²) < 4.78 is 14.6. The van der Waals surface area contributed by atoms with Crippen molar-refractivity contribution in [3.63, 3.8) is 0 Å². The number of amides is 2. The number of carbonyl (C=O) groups excluding carboxylic acids is 2. The lowest BCUT2D eigenvalue weighted by Crippen LogP contribution is -2.34. The van der Waals surface area contributed by atoms with Crippen molar-refractivity contribution >= 4 is 29.3 Å². The first-order valence-electron chi connectivity index (χ1n) is 12.3. The van der Waals surface area contributed by atoms with Crippen molar-refractivity contribution in [1.29, 1.82) is 0 Å². The third-order valence-corrected chi connectivity index (χ3v) is 7.61. The van der Waals surface area contributed by atoms with E-state index in [0.717, 1.165) is 22.6 Å². The summed E-state index contributed by atoms with van der Waals surface area (Å²) >= 11 is 1.48. The number of carbonyl (C=O) groups is 2. The maximum absolute atomic E-state index is 14.6. The fourth-order valence-corrected chi connectivity index (χ4v) is 5.48. The SMILES string of the molecule is CC(CCc1ccccc1)NC(=O)c1ccc2c(c1)N(Cc1ccccc1F)C(=O)c1ccccc1S2. The molecule has 1 aliphatic rings. The summed E-state index contributed by atoms with van der Waals surface area (Å²) in [5, 5.41) is 3.08. The van der Waals surface area contributed by atoms with Crippen molar-refractivity contribution in [2.24, 2.45) is 0 Å². The van der Waals surface area contributed by atoms with E-state index in [0.29, 0.717) is 22.4 Å². The molecule has 0 fully saturated rings. The Balaban J connectivity index is 1.42. The fourth-order valence-electron chi connectivity index (χ4n) is 4.42. The van der Waals surface area contributed by atoms with Gasteiger partial charge in [-0.05, 0) is 61.7 Å². The zero-order valence-corrected chi connectivity index (χ0v) is 21.3. The van der Waals surface area contributed by atoms with Crippen molar-refractivity contribution in [1.82, 2.24) is 5.32 Å². The molecular weight excluding hydrogens is 483 g/mol. The van der Waals surface area contributed by atoms with E-state index in [4.69, 9.17) is 0 Å². The van der Waals surface area contributed by atoms with Crippen molar-refractivity contribution in [2.75, 3.05) is 4.90 Å². The minimum Gasteiger partial charge on any atom is -0.350 e. The van der Waals surface area contributed by atoms with Crippen LogP contribution in [-0.4, -0.2) is 17.9 Å². The highest BCUT2D eigenvalue weighted by Crippen LogP contribution is 2.42. The van der Waals surface area contributed by atoms with Crippen LogP contribution < -0.4 is 10.2 Å². The van der Waals surface area contributed by atoms with Gasteiger partial charge >= 0.3 is 0 Å². The van der Waals surface area contributed by atoms with Crippen molar-refractivity contribution in [2.45, 2.75) is 42.1 Å². The number of nitrogens with zero attached hydrogens (tertiary/aromatic N) is 1. The molecule has 4 aromatic rings. The van der Waals surface area contributed by atoms with Gasteiger partial charge in [0.1, 0.15) is 5.82 Å². The van der Waals surface area contributed by atoms with Crippen LogP contribution in [-0.2, 0) is 13.0 Å². The molecule has 5 rings (SSSR count). The van der Waals surface area contributed by atoms with E-state index < -0.39 is 0 Å². The third-order valence-electron chi connectivity index (χ3n) is 6.47. The van der Waals surface area contributed by atoms with Crippen LogP contribution in [0.15, 0.2) is 107 Å². The molecular formula is C31H27FN2O2S. The summed E-state index contributed by atoms with van der Waals surface area (Å²) in [4.78, 5) is 30.1. The minimum absolute atomic E-state index is 0.0266. The highest BCUT2D eigenvalue weighted by atomic mass is 32.2. The van der Waals surface area contributed by atoms with E-state index in [1.165, 1.54) is 23.4 Å². The average molecular weight is 511 g/mol. The average Bonchev–Trinajstić information content (AvgIpc) is 3.03. The number of aryl methyl sites for hydroxylation is 1. The molecule has 6 heteroatoms. The van der Waals surface area contributed by atoms with E-state index in [2.05, 4.69) is 17.4 Å².